The zero-order valence-corrected chi connectivity index (χ0v) is 22.2. The Hall–Kier alpha value is -3.11. The van der Waals surface area contributed by atoms with Crippen LogP contribution in [-0.2, 0) is 10.8 Å². The first kappa shape index (κ1) is 26.5. The van der Waals surface area contributed by atoms with E-state index in [4.69, 9.17) is 14.9 Å². The number of halogens is 1. The van der Waals surface area contributed by atoms with Gasteiger partial charge in [-0.25, -0.2) is 9.07 Å². The Morgan fingerprint density at radius 1 is 1.20 bits per heavy atom. The molecule has 0 aliphatic rings. The van der Waals surface area contributed by atoms with Gasteiger partial charge in [0.1, 0.15) is 17.9 Å². The highest BCUT2D eigenvalue weighted by atomic mass is 28.4. The third kappa shape index (κ3) is 6.31. The van der Waals surface area contributed by atoms with Crippen molar-refractivity contribution in [2.24, 2.45) is 5.73 Å². The molecule has 3 rings (SSSR count). The number of rotatable bonds is 10. The fourth-order valence-electron chi connectivity index (χ4n) is 3.72. The lowest BCUT2D eigenvalue weighted by Crippen LogP contribution is -2.41. The number of methoxy groups -OCH3 is 1. The molecule has 0 aliphatic heterocycles. The molecule has 1 amide bonds. The van der Waals surface area contributed by atoms with Crippen LogP contribution in [-0.4, -0.2) is 48.1 Å². The van der Waals surface area contributed by atoms with Crippen LogP contribution < -0.4 is 10.5 Å². The van der Waals surface area contributed by atoms with Gasteiger partial charge in [0.25, 0.3) is 5.91 Å². The second-order valence-corrected chi connectivity index (χ2v) is 15.0. The highest BCUT2D eigenvalue weighted by Crippen LogP contribution is 2.38. The average Bonchev–Trinajstić information content (AvgIpc) is 3.32. The van der Waals surface area contributed by atoms with E-state index in [-0.39, 0.29) is 22.3 Å². The van der Waals surface area contributed by atoms with E-state index in [1.807, 2.05) is 6.07 Å². The second kappa shape index (κ2) is 10.7. The quantitative estimate of drug-likeness (QED) is 0.407. The summed E-state index contributed by atoms with van der Waals surface area (Å²) in [6.07, 6.45) is 2.68. The number of nitrogens with two attached hydrogens (primary N) is 1. The Labute approximate surface area is 206 Å². The highest BCUT2D eigenvalue weighted by Gasteiger charge is 2.37. The number of primary amides is 1. The maximum absolute atomic E-state index is 13.7. The molecule has 2 aromatic carbocycles. The van der Waals surface area contributed by atoms with Gasteiger partial charge in [0.05, 0.1) is 18.4 Å². The number of ether oxygens (including phenoxy) is 1. The van der Waals surface area contributed by atoms with Crippen LogP contribution in [0.1, 0.15) is 54.6 Å². The van der Waals surface area contributed by atoms with Crippen molar-refractivity contribution in [3.63, 3.8) is 0 Å². The maximum atomic E-state index is 13.7. The fourth-order valence-corrected chi connectivity index (χ4v) is 4.78. The molecule has 10 heteroatoms. The third-order valence-electron chi connectivity index (χ3n) is 6.78. The minimum Gasteiger partial charge on any atom is -0.496 e. The summed E-state index contributed by atoms with van der Waals surface area (Å²) < 4.78 is 27.2. The molecule has 35 heavy (non-hydrogen) atoms. The molecule has 1 aromatic heterocycles. The molecule has 188 valence electrons. The molecule has 1 unspecified atom stereocenters. The van der Waals surface area contributed by atoms with Crippen molar-refractivity contribution < 1.29 is 18.3 Å². The Kier molecular flexibility index (Phi) is 8.06. The zero-order chi connectivity index (χ0) is 25.8. The first-order chi connectivity index (χ1) is 16.4. The lowest BCUT2D eigenvalue weighted by atomic mass is 9.88. The first-order valence-corrected chi connectivity index (χ1v) is 14.5. The summed E-state index contributed by atoms with van der Waals surface area (Å²) in [5, 5.41) is 11.4. The number of carbonyl (C=O) groups excluding carboxylic acids is 1. The largest absolute Gasteiger partial charge is 0.496 e. The number of amides is 1. The van der Waals surface area contributed by atoms with E-state index >= 15 is 0 Å². The van der Waals surface area contributed by atoms with Crippen LogP contribution in [0.25, 0.3) is 5.69 Å². The number of hydrogen-bond donors (Lipinski definition) is 1. The molecule has 3 aromatic rings. The SMILES string of the molecule is COc1c(CC(CCO[Si](C)(C)C(C)(C)C)c2ccc(F)cc2)cc(-n2cnnn2)cc1C(N)=O. The van der Waals surface area contributed by atoms with Crippen LogP contribution in [0.4, 0.5) is 4.39 Å². The van der Waals surface area contributed by atoms with Gasteiger partial charge >= 0.3 is 0 Å². The van der Waals surface area contributed by atoms with E-state index in [2.05, 4.69) is 49.4 Å². The van der Waals surface area contributed by atoms with Crippen molar-refractivity contribution in [2.45, 2.75) is 57.7 Å². The summed E-state index contributed by atoms with van der Waals surface area (Å²) in [7, 11) is -0.423. The van der Waals surface area contributed by atoms with E-state index < -0.39 is 14.2 Å². The van der Waals surface area contributed by atoms with Crippen molar-refractivity contribution in [2.75, 3.05) is 13.7 Å². The first-order valence-electron chi connectivity index (χ1n) is 11.6. The lowest BCUT2D eigenvalue weighted by Gasteiger charge is -2.36. The van der Waals surface area contributed by atoms with Gasteiger partial charge in [-0.15, -0.1) is 5.10 Å². The molecule has 1 atom stereocenters. The van der Waals surface area contributed by atoms with E-state index in [0.717, 1.165) is 11.1 Å². The van der Waals surface area contributed by atoms with Gasteiger partial charge in [0.15, 0.2) is 8.32 Å². The van der Waals surface area contributed by atoms with Crippen molar-refractivity contribution in [3.8, 4) is 11.4 Å². The predicted octanol–water partition coefficient (Wildman–Crippen LogP) is 4.65. The van der Waals surface area contributed by atoms with Crippen LogP contribution in [0.15, 0.2) is 42.7 Å². The Morgan fingerprint density at radius 2 is 1.89 bits per heavy atom. The number of nitrogens with zero attached hydrogens (tertiary/aromatic N) is 4. The van der Waals surface area contributed by atoms with Gasteiger partial charge in [-0.3, -0.25) is 4.79 Å². The molecule has 0 aliphatic carbocycles. The van der Waals surface area contributed by atoms with Crippen molar-refractivity contribution in [1.29, 1.82) is 0 Å². The van der Waals surface area contributed by atoms with E-state index in [9.17, 15) is 9.18 Å². The molecule has 1 heterocycles. The number of tetrazole rings is 1. The lowest BCUT2D eigenvalue weighted by molar-refractivity contribution is 0.0997. The van der Waals surface area contributed by atoms with Gasteiger partial charge < -0.3 is 14.9 Å². The van der Waals surface area contributed by atoms with Gasteiger partial charge in [0.2, 0.25) is 0 Å². The Balaban J connectivity index is 1.98. The number of carbonyl (C=O) groups is 1. The second-order valence-electron chi connectivity index (χ2n) is 10.2. The van der Waals surface area contributed by atoms with Crippen molar-refractivity contribution >= 4 is 14.2 Å². The molecule has 0 spiro atoms. The maximum Gasteiger partial charge on any atom is 0.252 e. The van der Waals surface area contributed by atoms with E-state index in [1.54, 1.807) is 18.2 Å². The van der Waals surface area contributed by atoms with Crippen LogP contribution in [0.3, 0.4) is 0 Å². The minimum atomic E-state index is -1.93. The van der Waals surface area contributed by atoms with Crippen LogP contribution in [0.5, 0.6) is 5.75 Å². The number of benzene rings is 2. The summed E-state index contributed by atoms with van der Waals surface area (Å²) in [5.41, 5.74) is 8.25. The smallest absolute Gasteiger partial charge is 0.252 e. The molecule has 0 radical (unpaired) electrons. The molecule has 0 saturated heterocycles. The molecular weight excluding hydrogens is 465 g/mol. The average molecular weight is 500 g/mol. The van der Waals surface area contributed by atoms with Crippen molar-refractivity contribution in [1.82, 2.24) is 20.2 Å². The number of hydrogen-bond acceptors (Lipinski definition) is 6. The highest BCUT2D eigenvalue weighted by molar-refractivity contribution is 6.74. The predicted molar refractivity (Wildman–Crippen MR) is 135 cm³/mol. The number of aromatic nitrogens is 4. The molecule has 0 bridgehead atoms. The van der Waals surface area contributed by atoms with E-state index in [0.29, 0.717) is 30.9 Å². The van der Waals surface area contributed by atoms with Gasteiger partial charge in [-0.1, -0.05) is 32.9 Å². The molecule has 0 fully saturated rings. The van der Waals surface area contributed by atoms with Crippen LogP contribution in [0, 0.1) is 5.82 Å². The molecule has 8 nitrogen and oxygen atoms in total. The summed E-state index contributed by atoms with van der Waals surface area (Å²) in [5.74, 6) is -0.511. The summed E-state index contributed by atoms with van der Waals surface area (Å²) >= 11 is 0. The Morgan fingerprint density at radius 3 is 2.43 bits per heavy atom. The van der Waals surface area contributed by atoms with Gasteiger partial charge in [-0.2, -0.15) is 0 Å². The summed E-state index contributed by atoms with van der Waals surface area (Å²) in [6.45, 7) is 11.6. The van der Waals surface area contributed by atoms with Gasteiger partial charge in [-0.05, 0) is 82.7 Å². The minimum absolute atomic E-state index is 0.0147. The molecule has 0 saturated carbocycles. The third-order valence-corrected chi connectivity index (χ3v) is 11.3. The standard InChI is InChI=1S/C25H34FN5O3Si/c1-25(2,3)35(5,6)34-12-11-18(17-7-9-20(26)10-8-17)13-19-14-21(31-16-28-29-30-31)15-22(24(27)32)23(19)33-4/h7-10,14-16,18H,11-13H2,1-6H3,(H2,27,32). The van der Waals surface area contributed by atoms with Gasteiger partial charge in [0, 0.05) is 6.61 Å². The Bertz CT molecular complexity index is 1150. The summed E-state index contributed by atoms with van der Waals surface area (Å²) in [4.78, 5) is 12.2. The zero-order valence-electron chi connectivity index (χ0n) is 21.2. The van der Waals surface area contributed by atoms with Crippen LogP contribution >= 0.6 is 0 Å². The molecule has 2 N–H and O–H groups in total. The monoisotopic (exact) mass is 499 g/mol. The van der Waals surface area contributed by atoms with Crippen molar-refractivity contribution in [3.05, 3.63) is 65.2 Å². The van der Waals surface area contributed by atoms with E-state index in [1.165, 1.54) is 30.3 Å². The topological polar surface area (TPSA) is 105 Å². The van der Waals surface area contributed by atoms with Crippen LogP contribution in [0.2, 0.25) is 18.1 Å². The summed E-state index contributed by atoms with van der Waals surface area (Å²) in [6, 6.07) is 9.99. The fraction of sp³-hybridized carbons (Fsp3) is 0.440. The normalized spacial score (nSPS) is 13.0. The molecular formula is C25H34FN5O3Si.